The molecule has 12 heteroatoms. The van der Waals surface area contributed by atoms with Crippen LogP contribution in [0.5, 0.6) is 0 Å². The van der Waals surface area contributed by atoms with E-state index in [1.165, 1.54) is 32.4 Å². The number of hydrogen-bond donors (Lipinski definition) is 2. The van der Waals surface area contributed by atoms with Crippen LogP contribution in [0.2, 0.25) is 0 Å². The molecule has 0 aromatic heterocycles. The summed E-state index contributed by atoms with van der Waals surface area (Å²) < 4.78 is 52.7. The maximum absolute atomic E-state index is 15.1. The molecule has 2 atom stereocenters. The van der Waals surface area contributed by atoms with Crippen LogP contribution in [0.3, 0.4) is 0 Å². The second-order valence-corrected chi connectivity index (χ2v) is 11.2. The minimum Gasteiger partial charge on any atom is -0.442 e. The number of rotatable bonds is 4. The Kier molecular flexibility index (Phi) is 6.72. The second kappa shape index (κ2) is 8.90. The van der Waals surface area contributed by atoms with Gasteiger partial charge in [0.2, 0.25) is 21.9 Å². The summed E-state index contributed by atoms with van der Waals surface area (Å²) in [5.74, 6) is -1.34. The molecule has 1 saturated carbocycles. The van der Waals surface area contributed by atoms with Gasteiger partial charge in [-0.2, -0.15) is 0 Å². The van der Waals surface area contributed by atoms with Gasteiger partial charge in [-0.15, -0.1) is 4.99 Å². The maximum atomic E-state index is 15.1. The average Bonchev–Trinajstić information content (AvgIpc) is 3.12. The lowest BCUT2D eigenvalue weighted by atomic mass is 9.86. The molecule has 0 radical (unpaired) electrons. The fourth-order valence-electron chi connectivity index (χ4n) is 4.23. The number of carbonyl (C=O) groups excluding carboxylic acids is 2. The van der Waals surface area contributed by atoms with Crippen molar-refractivity contribution in [3.8, 4) is 0 Å². The number of aliphatic imine (C=N–C) groups is 1. The Morgan fingerprint density at radius 2 is 2.06 bits per heavy atom. The Hall–Kier alpha value is -2.73. The van der Waals surface area contributed by atoms with E-state index in [2.05, 4.69) is 15.6 Å². The van der Waals surface area contributed by atoms with Gasteiger partial charge in [0, 0.05) is 25.4 Å². The molecular formula is C21H29FN4O6S. The van der Waals surface area contributed by atoms with Gasteiger partial charge >= 0.3 is 6.09 Å². The van der Waals surface area contributed by atoms with E-state index < -0.39 is 44.2 Å². The molecule has 33 heavy (non-hydrogen) atoms. The van der Waals surface area contributed by atoms with Gasteiger partial charge in [-0.3, -0.25) is 4.79 Å². The molecule has 1 aliphatic heterocycles. The Morgan fingerprint density at radius 3 is 2.70 bits per heavy atom. The fraction of sp³-hybridized carbons (Fsp3) is 0.571. The molecule has 1 aliphatic carbocycles. The average molecular weight is 485 g/mol. The van der Waals surface area contributed by atoms with Crippen LogP contribution in [0.4, 0.5) is 14.9 Å². The maximum Gasteiger partial charge on any atom is 0.437 e. The predicted octanol–water partition coefficient (Wildman–Crippen LogP) is 2.31. The number of guanidine groups is 1. The van der Waals surface area contributed by atoms with Gasteiger partial charge in [0.05, 0.1) is 5.54 Å². The first-order valence-corrected chi connectivity index (χ1v) is 12.0. The lowest BCUT2D eigenvalue weighted by Gasteiger charge is -2.45. The number of benzene rings is 1. The van der Waals surface area contributed by atoms with Gasteiger partial charge in [-0.1, -0.05) is 0 Å². The minimum absolute atomic E-state index is 0.0637. The van der Waals surface area contributed by atoms with Crippen molar-refractivity contribution in [3.63, 3.8) is 0 Å². The normalized spacial score (nSPS) is 25.3. The van der Waals surface area contributed by atoms with Gasteiger partial charge in [0.25, 0.3) is 0 Å². The van der Waals surface area contributed by atoms with Crippen molar-refractivity contribution in [2.75, 3.05) is 26.1 Å². The highest BCUT2D eigenvalue weighted by Crippen LogP contribution is 2.47. The first-order valence-electron chi connectivity index (χ1n) is 10.5. The summed E-state index contributed by atoms with van der Waals surface area (Å²) in [4.78, 5) is 28.1. The number of ether oxygens (including phenoxy) is 2. The highest BCUT2D eigenvalue weighted by atomic mass is 32.2. The molecule has 3 rings (SSSR count). The van der Waals surface area contributed by atoms with Crippen molar-refractivity contribution in [3.05, 3.63) is 29.6 Å². The standard InChI is InChI=1S/C21H29FN4O6S/c1-20(2,3)32-19(28)24-18-25-21(10-6-7-16(21)33(29,30)26(18)4)14-11-13(8-9-15(14)22)23-17(27)12-31-5/h8-9,11,16H,6-7,10,12H2,1-5H3,(H,23,27)(H,24,25,28). The smallest absolute Gasteiger partial charge is 0.437 e. The number of halogens is 1. The molecule has 2 aliphatic rings. The van der Waals surface area contributed by atoms with Crippen LogP contribution in [0.15, 0.2) is 23.2 Å². The Bertz CT molecular complexity index is 1080. The van der Waals surface area contributed by atoms with Crippen molar-refractivity contribution >= 4 is 33.7 Å². The van der Waals surface area contributed by atoms with Gasteiger partial charge in [0.15, 0.2) is 0 Å². The quantitative estimate of drug-likeness (QED) is 0.672. The topological polar surface area (TPSA) is 126 Å². The fourth-order valence-corrected chi connectivity index (χ4v) is 6.21. The summed E-state index contributed by atoms with van der Waals surface area (Å²) in [7, 11) is -1.33. The molecule has 0 spiro atoms. The van der Waals surface area contributed by atoms with Crippen LogP contribution in [0.25, 0.3) is 0 Å². The van der Waals surface area contributed by atoms with Crippen LogP contribution in [0, 0.1) is 5.82 Å². The zero-order chi connectivity index (χ0) is 24.6. The molecule has 2 fully saturated rings. The summed E-state index contributed by atoms with van der Waals surface area (Å²) in [5, 5.41) is 4.64. The number of nitrogens with one attached hydrogen (secondary N) is 2. The molecular weight excluding hydrogens is 455 g/mol. The lowest BCUT2D eigenvalue weighted by molar-refractivity contribution is -0.119. The van der Waals surface area contributed by atoms with Gasteiger partial charge in [0.1, 0.15) is 23.3 Å². The number of carbonyl (C=O) groups is 2. The van der Waals surface area contributed by atoms with E-state index in [1.807, 2.05) is 0 Å². The zero-order valence-electron chi connectivity index (χ0n) is 19.3. The molecule has 10 nitrogen and oxygen atoms in total. The monoisotopic (exact) mass is 484 g/mol. The van der Waals surface area contributed by atoms with Gasteiger partial charge in [-0.25, -0.2) is 21.9 Å². The Morgan fingerprint density at radius 1 is 1.36 bits per heavy atom. The predicted molar refractivity (Wildman–Crippen MR) is 120 cm³/mol. The third-order valence-electron chi connectivity index (χ3n) is 5.56. The number of fused-ring (bicyclic) bond motifs is 1. The SMILES string of the molecule is COCC(=O)Nc1ccc(F)c(C23CCCC2S(=O)(=O)N(C)/C(=N\C(=O)OC(C)(C)C)N3)c1. The highest BCUT2D eigenvalue weighted by Gasteiger charge is 2.58. The molecule has 2 amide bonds. The molecule has 1 aromatic rings. The number of anilines is 1. The van der Waals surface area contributed by atoms with E-state index >= 15 is 4.39 Å². The molecule has 182 valence electrons. The molecule has 1 saturated heterocycles. The largest absolute Gasteiger partial charge is 0.442 e. The minimum atomic E-state index is -3.99. The summed E-state index contributed by atoms with van der Waals surface area (Å²) >= 11 is 0. The number of sulfonamides is 1. The molecule has 2 N–H and O–H groups in total. The molecule has 0 bridgehead atoms. The first-order chi connectivity index (χ1) is 15.3. The van der Waals surface area contributed by atoms with E-state index in [0.717, 1.165) is 4.31 Å². The zero-order valence-corrected chi connectivity index (χ0v) is 20.1. The van der Waals surface area contributed by atoms with Crippen LogP contribution >= 0.6 is 0 Å². The van der Waals surface area contributed by atoms with Crippen LogP contribution in [-0.2, 0) is 29.8 Å². The summed E-state index contributed by atoms with van der Waals surface area (Å²) in [6, 6.07) is 3.95. The molecule has 2 unspecified atom stereocenters. The van der Waals surface area contributed by atoms with Crippen LogP contribution < -0.4 is 10.6 Å². The van der Waals surface area contributed by atoms with Crippen molar-refractivity contribution < 1.29 is 31.9 Å². The third-order valence-corrected chi connectivity index (χ3v) is 7.85. The Labute approximate surface area is 192 Å². The number of nitrogens with zero attached hydrogens (tertiary/aromatic N) is 2. The second-order valence-electron chi connectivity index (χ2n) is 9.08. The number of amides is 2. The molecule has 1 aromatic carbocycles. The summed E-state index contributed by atoms with van der Waals surface area (Å²) in [6.45, 7) is 4.79. The number of methoxy groups -OCH3 is 1. The van der Waals surface area contributed by atoms with E-state index in [1.54, 1.807) is 20.8 Å². The number of hydrogen-bond acceptors (Lipinski definition) is 6. The van der Waals surface area contributed by atoms with E-state index in [-0.39, 0.29) is 30.2 Å². The molecule has 1 heterocycles. The van der Waals surface area contributed by atoms with Crippen molar-refractivity contribution in [2.45, 2.75) is 56.4 Å². The summed E-state index contributed by atoms with van der Waals surface area (Å²) in [5.41, 5.74) is -1.86. The van der Waals surface area contributed by atoms with Crippen molar-refractivity contribution in [1.29, 1.82) is 0 Å². The summed E-state index contributed by atoms with van der Waals surface area (Å²) in [6.07, 6.45) is 0.105. The van der Waals surface area contributed by atoms with Crippen LogP contribution in [0.1, 0.15) is 45.6 Å². The highest BCUT2D eigenvalue weighted by molar-refractivity contribution is 7.90. The van der Waals surface area contributed by atoms with Crippen LogP contribution in [-0.4, -0.2) is 62.3 Å². The van der Waals surface area contributed by atoms with Crippen molar-refractivity contribution in [2.24, 2.45) is 4.99 Å². The van der Waals surface area contributed by atoms with Gasteiger partial charge in [-0.05, 0) is 58.2 Å². The van der Waals surface area contributed by atoms with E-state index in [9.17, 15) is 18.0 Å². The van der Waals surface area contributed by atoms with E-state index in [4.69, 9.17) is 9.47 Å². The lowest BCUT2D eigenvalue weighted by Crippen LogP contribution is -2.65. The van der Waals surface area contributed by atoms with Gasteiger partial charge < -0.3 is 20.1 Å². The Balaban J connectivity index is 2.08. The van der Waals surface area contributed by atoms with Crippen molar-refractivity contribution in [1.82, 2.24) is 9.62 Å². The van der Waals surface area contributed by atoms with E-state index in [0.29, 0.717) is 12.8 Å². The third kappa shape index (κ3) is 4.96. The first kappa shape index (κ1) is 24.9.